The summed E-state index contributed by atoms with van der Waals surface area (Å²) in [7, 11) is 0. The molecule has 2 aliphatic rings. The van der Waals surface area contributed by atoms with Gasteiger partial charge in [-0.2, -0.15) is 0 Å². The van der Waals surface area contributed by atoms with Crippen LogP contribution in [0.15, 0.2) is 47.5 Å². The summed E-state index contributed by atoms with van der Waals surface area (Å²) in [6.45, 7) is 4.53. The first-order valence-electron chi connectivity index (χ1n) is 8.59. The van der Waals surface area contributed by atoms with Gasteiger partial charge in [-0.3, -0.25) is 14.7 Å². The minimum atomic E-state index is -1.27. The van der Waals surface area contributed by atoms with Gasteiger partial charge in [0.05, 0.1) is 16.7 Å². The van der Waals surface area contributed by atoms with Gasteiger partial charge in [0.25, 0.3) is 5.91 Å². The van der Waals surface area contributed by atoms with Gasteiger partial charge >= 0.3 is 0 Å². The Kier molecular flexibility index (Phi) is 2.79. The van der Waals surface area contributed by atoms with Gasteiger partial charge in [-0.05, 0) is 38.1 Å². The van der Waals surface area contributed by atoms with Crippen molar-refractivity contribution in [2.45, 2.75) is 19.5 Å². The normalized spacial score (nSPS) is 20.9. The van der Waals surface area contributed by atoms with Crippen LogP contribution in [0.1, 0.15) is 18.1 Å². The van der Waals surface area contributed by atoms with E-state index in [0.717, 1.165) is 27.8 Å². The fourth-order valence-electron chi connectivity index (χ4n) is 4.02. The van der Waals surface area contributed by atoms with Crippen molar-refractivity contribution in [1.29, 1.82) is 0 Å². The van der Waals surface area contributed by atoms with Crippen molar-refractivity contribution in [3.05, 3.63) is 53.6 Å². The molecule has 7 nitrogen and oxygen atoms in total. The second-order valence-corrected chi connectivity index (χ2v) is 6.62. The Balaban J connectivity index is 1.94. The van der Waals surface area contributed by atoms with Gasteiger partial charge in [-0.1, -0.05) is 23.8 Å². The van der Waals surface area contributed by atoms with Crippen LogP contribution in [-0.2, 0) is 10.5 Å². The Hall–Kier alpha value is -3.35. The first-order valence-corrected chi connectivity index (χ1v) is 8.59. The highest BCUT2D eigenvalue weighted by atomic mass is 16.2. The molecule has 7 heteroatoms. The smallest absolute Gasteiger partial charge is 0.281 e. The molecule has 1 atom stereocenters. The highest BCUT2D eigenvalue weighted by molar-refractivity contribution is 6.12. The minimum absolute atomic E-state index is 0.116. The first kappa shape index (κ1) is 14.9. The number of rotatable bonds is 1. The van der Waals surface area contributed by atoms with Crippen LogP contribution in [0.3, 0.4) is 0 Å². The summed E-state index contributed by atoms with van der Waals surface area (Å²) in [6.07, 6.45) is 0. The van der Waals surface area contributed by atoms with Crippen molar-refractivity contribution < 1.29 is 4.79 Å². The number of para-hydroxylation sites is 2. The van der Waals surface area contributed by atoms with Gasteiger partial charge in [0, 0.05) is 12.1 Å². The number of hydrogen-bond donors (Lipinski definition) is 2. The Morgan fingerprint density at radius 2 is 2.04 bits per heavy atom. The molecule has 5 rings (SSSR count). The number of aromatic nitrogens is 2. The number of fused-ring (bicyclic) bond motifs is 6. The van der Waals surface area contributed by atoms with Crippen LogP contribution in [0.4, 0.5) is 11.6 Å². The number of amides is 1. The zero-order valence-electron chi connectivity index (χ0n) is 14.5. The number of aliphatic imine (C=N–C) groups is 1. The lowest BCUT2D eigenvalue weighted by Gasteiger charge is -2.32. The van der Waals surface area contributed by atoms with Gasteiger partial charge in [0.2, 0.25) is 11.6 Å². The number of nitrogens with zero attached hydrogens (tertiary/aromatic N) is 4. The molecule has 1 spiro atoms. The summed E-state index contributed by atoms with van der Waals surface area (Å²) in [4.78, 5) is 24.7. The number of nitrogens with two attached hydrogens (primary N) is 1. The number of imidazole rings is 1. The fraction of sp³-hybridized carbons (Fsp3) is 0.211. The standard InChI is InChI=1S/C19H18N6O/c1-3-24-14-9-8-11(2)10-12(14)19(16(24)26)23-17(20)22-18-21-13-6-4-5-7-15(13)25(18)19/h4-10H,3H2,1-2H3,(H3,20,21,22,23)/t19-/m1/s1. The predicted molar refractivity (Wildman–Crippen MR) is 101 cm³/mol. The fourth-order valence-corrected chi connectivity index (χ4v) is 4.02. The molecule has 0 fully saturated rings. The largest absolute Gasteiger partial charge is 0.370 e. The Labute approximate surface area is 150 Å². The molecule has 2 aliphatic heterocycles. The molecule has 2 aromatic carbocycles. The number of nitrogens with one attached hydrogen (secondary N) is 1. The second kappa shape index (κ2) is 4.85. The summed E-state index contributed by atoms with van der Waals surface area (Å²) < 4.78 is 1.87. The van der Waals surface area contributed by atoms with Crippen LogP contribution in [-0.4, -0.2) is 28.0 Å². The van der Waals surface area contributed by atoms with E-state index in [1.807, 2.05) is 60.9 Å². The molecule has 0 saturated carbocycles. The molecule has 26 heavy (non-hydrogen) atoms. The van der Waals surface area contributed by atoms with Gasteiger partial charge in [0.15, 0.2) is 5.96 Å². The SMILES string of the molecule is CCN1C(=O)[C@@]2(N=C(N)Nc3nc4ccccc4n32)c2cc(C)ccc21. The van der Waals surface area contributed by atoms with E-state index >= 15 is 0 Å². The van der Waals surface area contributed by atoms with E-state index in [-0.39, 0.29) is 11.9 Å². The number of benzene rings is 2. The third kappa shape index (κ3) is 1.64. The number of carbonyl (C=O) groups excluding carboxylic acids is 1. The van der Waals surface area contributed by atoms with Crippen molar-refractivity contribution >= 4 is 34.5 Å². The van der Waals surface area contributed by atoms with E-state index in [4.69, 9.17) is 5.73 Å². The number of anilines is 2. The molecular weight excluding hydrogens is 328 g/mol. The molecule has 130 valence electrons. The molecule has 0 unspecified atom stereocenters. The summed E-state index contributed by atoms with van der Waals surface area (Å²) in [5.41, 5.74) is 9.21. The average molecular weight is 346 g/mol. The topological polar surface area (TPSA) is 88.5 Å². The molecule has 3 N–H and O–H groups in total. The van der Waals surface area contributed by atoms with E-state index in [1.165, 1.54) is 0 Å². The quantitative estimate of drug-likeness (QED) is 0.707. The number of likely N-dealkylation sites (N-methyl/N-ethyl adjacent to an activating group) is 1. The lowest BCUT2D eigenvalue weighted by molar-refractivity contribution is -0.123. The maximum Gasteiger partial charge on any atom is 0.281 e. The number of hydrogen-bond acceptors (Lipinski definition) is 5. The molecule has 0 saturated heterocycles. The van der Waals surface area contributed by atoms with Crippen molar-refractivity contribution in [1.82, 2.24) is 9.55 Å². The Morgan fingerprint density at radius 3 is 2.85 bits per heavy atom. The van der Waals surface area contributed by atoms with Crippen LogP contribution >= 0.6 is 0 Å². The number of carbonyl (C=O) groups is 1. The molecular formula is C19H18N6O. The maximum absolute atomic E-state index is 13.6. The number of aryl methyl sites for hydroxylation is 1. The highest BCUT2D eigenvalue weighted by Crippen LogP contribution is 2.48. The van der Waals surface area contributed by atoms with Crippen LogP contribution in [0.2, 0.25) is 0 Å². The van der Waals surface area contributed by atoms with E-state index < -0.39 is 5.66 Å². The average Bonchev–Trinajstić information content (AvgIpc) is 3.09. The van der Waals surface area contributed by atoms with Crippen LogP contribution in [0.25, 0.3) is 11.0 Å². The monoisotopic (exact) mass is 346 g/mol. The zero-order chi connectivity index (χ0) is 18.1. The van der Waals surface area contributed by atoms with Crippen molar-refractivity contribution in [3.63, 3.8) is 0 Å². The molecule has 0 bridgehead atoms. The van der Waals surface area contributed by atoms with Gasteiger partial charge in [-0.15, -0.1) is 0 Å². The van der Waals surface area contributed by atoms with E-state index in [1.54, 1.807) is 4.90 Å². The molecule has 1 amide bonds. The van der Waals surface area contributed by atoms with E-state index in [0.29, 0.717) is 12.5 Å². The summed E-state index contributed by atoms with van der Waals surface area (Å²) >= 11 is 0. The van der Waals surface area contributed by atoms with Crippen LogP contribution in [0, 0.1) is 6.92 Å². The Bertz CT molecular complexity index is 1110. The van der Waals surface area contributed by atoms with Gasteiger partial charge < -0.3 is 10.6 Å². The predicted octanol–water partition coefficient (Wildman–Crippen LogP) is 2.15. The van der Waals surface area contributed by atoms with Crippen molar-refractivity contribution in [2.24, 2.45) is 10.7 Å². The number of guanidine groups is 1. The van der Waals surface area contributed by atoms with Gasteiger partial charge in [0.1, 0.15) is 0 Å². The maximum atomic E-state index is 13.6. The lowest BCUT2D eigenvalue weighted by Crippen LogP contribution is -2.49. The lowest BCUT2D eigenvalue weighted by atomic mass is 9.98. The molecule has 3 aromatic rings. The Morgan fingerprint density at radius 1 is 1.23 bits per heavy atom. The first-order chi connectivity index (χ1) is 12.6. The van der Waals surface area contributed by atoms with Crippen LogP contribution < -0.4 is 16.0 Å². The highest BCUT2D eigenvalue weighted by Gasteiger charge is 2.55. The summed E-state index contributed by atoms with van der Waals surface area (Å²) in [5.74, 6) is 0.596. The third-order valence-corrected chi connectivity index (χ3v) is 5.08. The summed E-state index contributed by atoms with van der Waals surface area (Å²) in [5, 5.41) is 3.01. The van der Waals surface area contributed by atoms with Crippen LogP contribution in [0.5, 0.6) is 0 Å². The molecule has 0 radical (unpaired) electrons. The van der Waals surface area contributed by atoms with Crippen molar-refractivity contribution in [3.8, 4) is 0 Å². The van der Waals surface area contributed by atoms with E-state index in [2.05, 4.69) is 15.3 Å². The molecule has 1 aromatic heterocycles. The van der Waals surface area contributed by atoms with E-state index in [9.17, 15) is 4.79 Å². The van der Waals surface area contributed by atoms with Gasteiger partial charge in [-0.25, -0.2) is 9.98 Å². The summed E-state index contributed by atoms with van der Waals surface area (Å²) in [6, 6.07) is 13.7. The third-order valence-electron chi connectivity index (χ3n) is 5.08. The van der Waals surface area contributed by atoms with Crippen molar-refractivity contribution in [2.75, 3.05) is 16.8 Å². The molecule has 3 heterocycles. The molecule has 0 aliphatic carbocycles. The second-order valence-electron chi connectivity index (χ2n) is 6.62. The zero-order valence-corrected chi connectivity index (χ0v) is 14.5. The minimum Gasteiger partial charge on any atom is -0.370 e.